The highest BCUT2D eigenvalue weighted by Crippen LogP contribution is 2.28. The van der Waals surface area contributed by atoms with Crippen LogP contribution in [0, 0.1) is 11.3 Å². The molecule has 0 bridgehead atoms. The summed E-state index contributed by atoms with van der Waals surface area (Å²) in [5, 5.41) is 14.5. The summed E-state index contributed by atoms with van der Waals surface area (Å²) >= 11 is 0. The van der Waals surface area contributed by atoms with Gasteiger partial charge in [-0.3, -0.25) is 4.68 Å². The Labute approximate surface area is 160 Å². The van der Waals surface area contributed by atoms with Gasteiger partial charge in [0.2, 0.25) is 0 Å². The van der Waals surface area contributed by atoms with Crippen LogP contribution in [-0.4, -0.2) is 24.0 Å². The summed E-state index contributed by atoms with van der Waals surface area (Å²) in [6.07, 6.45) is 1.42. The van der Waals surface area contributed by atoms with Gasteiger partial charge in [-0.05, 0) is 31.5 Å². The van der Waals surface area contributed by atoms with Gasteiger partial charge in [-0.1, -0.05) is 25.1 Å². The van der Waals surface area contributed by atoms with Crippen LogP contribution in [0.25, 0.3) is 10.9 Å². The van der Waals surface area contributed by atoms with Crippen LogP contribution >= 0.6 is 0 Å². The largest absolute Gasteiger partial charge is 0.493 e. The van der Waals surface area contributed by atoms with Crippen molar-refractivity contribution in [3.8, 4) is 17.6 Å². The molecule has 0 saturated carbocycles. The second kappa shape index (κ2) is 9.48. The molecule has 0 saturated heterocycles. The fourth-order valence-electron chi connectivity index (χ4n) is 2.82. The van der Waals surface area contributed by atoms with Crippen molar-refractivity contribution in [2.24, 2.45) is 0 Å². The first-order valence-electron chi connectivity index (χ1n) is 8.86. The molecule has 1 aromatic heterocycles. The third-order valence-electron chi connectivity index (χ3n) is 4.24. The highest BCUT2D eigenvalue weighted by atomic mass is 16.5. The first-order valence-corrected chi connectivity index (χ1v) is 8.86. The van der Waals surface area contributed by atoms with E-state index in [-0.39, 0.29) is 6.04 Å². The predicted octanol–water partition coefficient (Wildman–Crippen LogP) is 4.36. The molecule has 0 aliphatic heterocycles. The maximum atomic E-state index is 8.74. The van der Waals surface area contributed by atoms with Crippen LogP contribution in [0.15, 0.2) is 42.5 Å². The van der Waals surface area contributed by atoms with E-state index in [0.29, 0.717) is 23.6 Å². The number of nitrogen functional groups attached to an aromatic ring is 1. The van der Waals surface area contributed by atoms with Gasteiger partial charge < -0.3 is 15.2 Å². The quantitative estimate of drug-likeness (QED) is 0.678. The molecule has 1 heterocycles. The molecule has 2 aromatic carbocycles. The lowest BCUT2D eigenvalue weighted by molar-refractivity contribution is 0.355. The zero-order valence-corrected chi connectivity index (χ0v) is 16.3. The second-order valence-corrected chi connectivity index (χ2v) is 6.09. The van der Waals surface area contributed by atoms with Crippen molar-refractivity contribution in [2.45, 2.75) is 32.7 Å². The lowest BCUT2D eigenvalue weighted by atomic mass is 10.2. The average molecular weight is 366 g/mol. The third kappa shape index (κ3) is 4.70. The SMILES string of the molecule is CCc1nn(C(C)CC#N)c2ccccc12.COc1ccc(N)cc1OC. The van der Waals surface area contributed by atoms with E-state index in [1.54, 1.807) is 32.4 Å². The van der Waals surface area contributed by atoms with Crippen molar-refractivity contribution < 1.29 is 9.47 Å². The van der Waals surface area contributed by atoms with E-state index < -0.39 is 0 Å². The standard InChI is InChI=1S/C13H15N3.C8H11NO2/c1-3-12-11-6-4-5-7-13(11)16(15-12)10(2)8-9-14;1-10-7-4-3-6(9)5-8(7)11-2/h4-7,10H,3,8H2,1-2H3;3-5H,9H2,1-2H3. The monoisotopic (exact) mass is 366 g/mol. The van der Waals surface area contributed by atoms with E-state index in [1.165, 1.54) is 5.39 Å². The fourth-order valence-corrected chi connectivity index (χ4v) is 2.82. The van der Waals surface area contributed by atoms with E-state index in [1.807, 2.05) is 23.7 Å². The maximum Gasteiger partial charge on any atom is 0.162 e. The van der Waals surface area contributed by atoms with Crippen LogP contribution in [0.5, 0.6) is 11.5 Å². The molecule has 0 amide bonds. The number of anilines is 1. The number of nitrogens with zero attached hydrogens (tertiary/aromatic N) is 3. The second-order valence-electron chi connectivity index (χ2n) is 6.09. The van der Waals surface area contributed by atoms with Crippen molar-refractivity contribution in [1.82, 2.24) is 9.78 Å². The lowest BCUT2D eigenvalue weighted by Crippen LogP contribution is -2.06. The van der Waals surface area contributed by atoms with Crippen molar-refractivity contribution in [1.29, 1.82) is 5.26 Å². The minimum absolute atomic E-state index is 0.134. The molecular weight excluding hydrogens is 340 g/mol. The van der Waals surface area contributed by atoms with Crippen molar-refractivity contribution in [2.75, 3.05) is 20.0 Å². The summed E-state index contributed by atoms with van der Waals surface area (Å²) in [5.74, 6) is 1.36. The summed E-state index contributed by atoms with van der Waals surface area (Å²) in [6, 6.07) is 15.8. The number of nitrogens with two attached hydrogens (primary N) is 1. The van der Waals surface area contributed by atoms with E-state index in [2.05, 4.69) is 30.2 Å². The number of para-hydroxylation sites is 1. The van der Waals surface area contributed by atoms with Crippen LogP contribution in [-0.2, 0) is 6.42 Å². The number of hydrogen-bond donors (Lipinski definition) is 1. The number of fused-ring (bicyclic) bond motifs is 1. The third-order valence-corrected chi connectivity index (χ3v) is 4.24. The molecule has 1 unspecified atom stereocenters. The molecule has 2 N–H and O–H groups in total. The average Bonchev–Trinajstić information content (AvgIpc) is 3.07. The van der Waals surface area contributed by atoms with Gasteiger partial charge in [-0.2, -0.15) is 10.4 Å². The number of methoxy groups -OCH3 is 2. The van der Waals surface area contributed by atoms with Gasteiger partial charge in [0.15, 0.2) is 11.5 Å². The zero-order chi connectivity index (χ0) is 19.8. The van der Waals surface area contributed by atoms with Crippen LogP contribution in [0.1, 0.15) is 32.0 Å². The molecule has 1 atom stereocenters. The molecule has 0 fully saturated rings. The number of rotatable bonds is 5. The van der Waals surface area contributed by atoms with Gasteiger partial charge in [-0.25, -0.2) is 0 Å². The number of aromatic nitrogens is 2. The van der Waals surface area contributed by atoms with Gasteiger partial charge in [0.25, 0.3) is 0 Å². The molecule has 0 spiro atoms. The Morgan fingerprint density at radius 1 is 1.15 bits per heavy atom. The Morgan fingerprint density at radius 2 is 1.85 bits per heavy atom. The summed E-state index contributed by atoms with van der Waals surface area (Å²) in [7, 11) is 3.17. The van der Waals surface area contributed by atoms with E-state index in [4.69, 9.17) is 20.5 Å². The molecule has 6 nitrogen and oxygen atoms in total. The molecule has 3 aromatic rings. The van der Waals surface area contributed by atoms with Gasteiger partial charge >= 0.3 is 0 Å². The summed E-state index contributed by atoms with van der Waals surface area (Å²) < 4.78 is 12.0. The van der Waals surface area contributed by atoms with E-state index in [0.717, 1.165) is 17.6 Å². The topological polar surface area (TPSA) is 86.1 Å². The van der Waals surface area contributed by atoms with Crippen LogP contribution in [0.2, 0.25) is 0 Å². The predicted molar refractivity (Wildman–Crippen MR) is 108 cm³/mol. The lowest BCUT2D eigenvalue weighted by Gasteiger charge is -2.08. The Morgan fingerprint density at radius 3 is 2.48 bits per heavy atom. The molecule has 0 aliphatic rings. The maximum absolute atomic E-state index is 8.74. The highest BCUT2D eigenvalue weighted by molar-refractivity contribution is 5.82. The molecular formula is C21H26N4O2. The van der Waals surface area contributed by atoms with Gasteiger partial charge in [0.05, 0.1) is 44.0 Å². The Bertz CT molecular complexity index is 928. The van der Waals surface area contributed by atoms with Gasteiger partial charge in [-0.15, -0.1) is 0 Å². The highest BCUT2D eigenvalue weighted by Gasteiger charge is 2.12. The normalized spacial score (nSPS) is 11.2. The minimum atomic E-state index is 0.134. The summed E-state index contributed by atoms with van der Waals surface area (Å²) in [6.45, 7) is 4.14. The van der Waals surface area contributed by atoms with Gasteiger partial charge in [0.1, 0.15) is 0 Å². The first kappa shape index (κ1) is 20.1. The molecule has 27 heavy (non-hydrogen) atoms. The van der Waals surface area contributed by atoms with E-state index in [9.17, 15) is 0 Å². The number of benzene rings is 2. The molecule has 0 aliphatic carbocycles. The Kier molecular flexibility index (Phi) is 7.07. The number of hydrogen-bond acceptors (Lipinski definition) is 5. The Hall–Kier alpha value is -3.20. The van der Waals surface area contributed by atoms with E-state index >= 15 is 0 Å². The summed E-state index contributed by atoms with van der Waals surface area (Å²) in [4.78, 5) is 0. The van der Waals surface area contributed by atoms with Crippen LogP contribution in [0.3, 0.4) is 0 Å². The minimum Gasteiger partial charge on any atom is -0.493 e. The van der Waals surface area contributed by atoms with Crippen molar-refractivity contribution in [3.05, 3.63) is 48.2 Å². The zero-order valence-electron chi connectivity index (χ0n) is 16.3. The van der Waals surface area contributed by atoms with Crippen LogP contribution in [0.4, 0.5) is 5.69 Å². The number of ether oxygens (including phenoxy) is 2. The molecule has 6 heteroatoms. The molecule has 142 valence electrons. The van der Waals surface area contributed by atoms with Crippen LogP contribution < -0.4 is 15.2 Å². The number of aryl methyl sites for hydroxylation is 1. The molecule has 0 radical (unpaired) electrons. The number of nitriles is 1. The van der Waals surface area contributed by atoms with Crippen molar-refractivity contribution >= 4 is 16.6 Å². The fraction of sp³-hybridized carbons (Fsp3) is 0.333. The van der Waals surface area contributed by atoms with Gasteiger partial charge in [0, 0.05) is 17.1 Å². The first-order chi connectivity index (χ1) is 13.0. The summed E-state index contributed by atoms with van der Waals surface area (Å²) in [5.41, 5.74) is 8.43. The smallest absolute Gasteiger partial charge is 0.162 e. The Balaban J connectivity index is 0.000000208. The van der Waals surface area contributed by atoms with Crippen molar-refractivity contribution in [3.63, 3.8) is 0 Å². The molecule has 3 rings (SSSR count).